The zero-order chi connectivity index (χ0) is 13.8. The zero-order valence-electron chi connectivity index (χ0n) is 11.8. The Morgan fingerprint density at radius 3 is 2.32 bits per heavy atom. The monoisotopic (exact) mass is 255 g/mol. The van der Waals surface area contributed by atoms with Crippen molar-refractivity contribution in [2.45, 2.75) is 26.5 Å². The summed E-state index contributed by atoms with van der Waals surface area (Å²) in [6.07, 6.45) is -0.448. The minimum atomic E-state index is -0.448. The SMILES string of the molecule is Cc1ccc(CN(C)c2ccccc2[C@@H](C)O)cc1. The number of nitrogens with zero attached hydrogens (tertiary/aromatic N) is 1. The minimum Gasteiger partial charge on any atom is -0.389 e. The largest absolute Gasteiger partial charge is 0.389 e. The normalized spacial score (nSPS) is 12.2. The first-order valence-corrected chi connectivity index (χ1v) is 6.61. The number of para-hydroxylation sites is 1. The number of hydrogen-bond acceptors (Lipinski definition) is 2. The molecule has 1 atom stereocenters. The van der Waals surface area contributed by atoms with Gasteiger partial charge in [-0.1, -0.05) is 48.0 Å². The van der Waals surface area contributed by atoms with Crippen molar-refractivity contribution >= 4 is 5.69 Å². The highest BCUT2D eigenvalue weighted by Crippen LogP contribution is 2.26. The van der Waals surface area contributed by atoms with E-state index in [0.29, 0.717) is 0 Å². The molecule has 2 aromatic carbocycles. The average Bonchev–Trinajstić information content (AvgIpc) is 2.41. The molecule has 0 radical (unpaired) electrons. The van der Waals surface area contributed by atoms with Crippen LogP contribution in [0, 0.1) is 6.92 Å². The smallest absolute Gasteiger partial charge is 0.0781 e. The number of rotatable bonds is 4. The van der Waals surface area contributed by atoms with Crippen molar-refractivity contribution in [1.82, 2.24) is 0 Å². The number of hydrogen-bond donors (Lipinski definition) is 1. The van der Waals surface area contributed by atoms with Gasteiger partial charge in [-0.05, 0) is 25.5 Å². The average molecular weight is 255 g/mol. The Kier molecular flexibility index (Phi) is 4.23. The van der Waals surface area contributed by atoms with E-state index in [-0.39, 0.29) is 0 Å². The van der Waals surface area contributed by atoms with Gasteiger partial charge in [0.25, 0.3) is 0 Å². The Morgan fingerprint density at radius 1 is 1.05 bits per heavy atom. The van der Waals surface area contributed by atoms with Crippen LogP contribution in [0.4, 0.5) is 5.69 Å². The lowest BCUT2D eigenvalue weighted by Gasteiger charge is -2.23. The summed E-state index contributed by atoms with van der Waals surface area (Å²) in [4.78, 5) is 2.17. The zero-order valence-corrected chi connectivity index (χ0v) is 11.8. The molecule has 0 amide bonds. The van der Waals surface area contributed by atoms with Gasteiger partial charge in [-0.15, -0.1) is 0 Å². The third-order valence-corrected chi connectivity index (χ3v) is 3.34. The molecule has 0 fully saturated rings. The van der Waals surface area contributed by atoms with Gasteiger partial charge in [-0.3, -0.25) is 0 Å². The Morgan fingerprint density at radius 2 is 1.68 bits per heavy atom. The van der Waals surface area contributed by atoms with Crippen molar-refractivity contribution in [1.29, 1.82) is 0 Å². The second-order valence-electron chi connectivity index (χ2n) is 5.08. The maximum Gasteiger partial charge on any atom is 0.0781 e. The van der Waals surface area contributed by atoms with E-state index in [0.717, 1.165) is 17.8 Å². The Labute approximate surface area is 115 Å². The molecular weight excluding hydrogens is 234 g/mol. The molecule has 2 nitrogen and oxygen atoms in total. The standard InChI is InChI=1S/C17H21NO/c1-13-8-10-15(11-9-13)12-18(3)17-7-5-4-6-16(17)14(2)19/h4-11,14,19H,12H2,1-3H3/t14-/m1/s1. The predicted octanol–water partition coefficient (Wildman–Crippen LogP) is 3.68. The summed E-state index contributed by atoms with van der Waals surface area (Å²) in [5, 5.41) is 9.83. The molecule has 100 valence electrons. The maximum atomic E-state index is 9.83. The first-order chi connectivity index (χ1) is 9.08. The van der Waals surface area contributed by atoms with Crippen LogP contribution in [-0.2, 0) is 6.54 Å². The maximum absolute atomic E-state index is 9.83. The van der Waals surface area contributed by atoms with Crippen LogP contribution in [0.3, 0.4) is 0 Å². The van der Waals surface area contributed by atoms with Gasteiger partial charge in [0.2, 0.25) is 0 Å². The first kappa shape index (κ1) is 13.6. The second kappa shape index (κ2) is 5.89. The molecule has 0 aliphatic carbocycles. The molecule has 0 saturated carbocycles. The third kappa shape index (κ3) is 3.36. The van der Waals surface area contributed by atoms with Crippen LogP contribution in [0.2, 0.25) is 0 Å². The van der Waals surface area contributed by atoms with Crippen molar-refractivity contribution < 1.29 is 5.11 Å². The number of benzene rings is 2. The molecule has 0 aliphatic rings. The molecule has 2 aromatic rings. The fraction of sp³-hybridized carbons (Fsp3) is 0.294. The van der Waals surface area contributed by atoms with E-state index in [4.69, 9.17) is 0 Å². The molecular formula is C17H21NO. The summed E-state index contributed by atoms with van der Waals surface area (Å²) in [5.41, 5.74) is 4.60. The number of aryl methyl sites for hydroxylation is 1. The number of anilines is 1. The van der Waals surface area contributed by atoms with Crippen LogP contribution in [0.15, 0.2) is 48.5 Å². The molecule has 2 rings (SSSR count). The third-order valence-electron chi connectivity index (χ3n) is 3.34. The van der Waals surface area contributed by atoms with E-state index in [1.165, 1.54) is 11.1 Å². The summed E-state index contributed by atoms with van der Waals surface area (Å²) in [6, 6.07) is 16.6. The van der Waals surface area contributed by atoms with E-state index in [2.05, 4.69) is 49.2 Å². The lowest BCUT2D eigenvalue weighted by molar-refractivity contribution is 0.199. The Bertz CT molecular complexity index is 531. The minimum absolute atomic E-state index is 0.448. The van der Waals surface area contributed by atoms with Crippen molar-refractivity contribution in [2.75, 3.05) is 11.9 Å². The van der Waals surface area contributed by atoms with Gasteiger partial charge < -0.3 is 10.0 Å². The van der Waals surface area contributed by atoms with E-state index in [9.17, 15) is 5.11 Å². The summed E-state index contributed by atoms with van der Waals surface area (Å²) in [7, 11) is 2.06. The summed E-state index contributed by atoms with van der Waals surface area (Å²) in [5.74, 6) is 0. The molecule has 0 unspecified atom stereocenters. The van der Waals surface area contributed by atoms with Gasteiger partial charge in [0, 0.05) is 24.8 Å². The predicted molar refractivity (Wildman–Crippen MR) is 80.4 cm³/mol. The van der Waals surface area contributed by atoms with Crippen LogP contribution in [0.5, 0.6) is 0 Å². The van der Waals surface area contributed by atoms with Gasteiger partial charge >= 0.3 is 0 Å². The van der Waals surface area contributed by atoms with Crippen molar-refractivity contribution in [2.24, 2.45) is 0 Å². The molecule has 0 bridgehead atoms. The summed E-state index contributed by atoms with van der Waals surface area (Å²) < 4.78 is 0. The Balaban J connectivity index is 2.20. The number of aliphatic hydroxyl groups excluding tert-OH is 1. The molecule has 19 heavy (non-hydrogen) atoms. The van der Waals surface area contributed by atoms with Gasteiger partial charge in [-0.25, -0.2) is 0 Å². The van der Waals surface area contributed by atoms with Crippen LogP contribution in [-0.4, -0.2) is 12.2 Å². The van der Waals surface area contributed by atoms with Gasteiger partial charge in [0.15, 0.2) is 0 Å². The molecule has 0 heterocycles. The van der Waals surface area contributed by atoms with Gasteiger partial charge in [-0.2, -0.15) is 0 Å². The van der Waals surface area contributed by atoms with Crippen LogP contribution in [0.1, 0.15) is 29.7 Å². The molecule has 0 saturated heterocycles. The van der Waals surface area contributed by atoms with E-state index >= 15 is 0 Å². The second-order valence-corrected chi connectivity index (χ2v) is 5.08. The van der Waals surface area contributed by atoms with E-state index in [1.54, 1.807) is 6.92 Å². The number of aliphatic hydroxyl groups is 1. The van der Waals surface area contributed by atoms with Crippen molar-refractivity contribution in [3.05, 3.63) is 65.2 Å². The summed E-state index contributed by atoms with van der Waals surface area (Å²) in [6.45, 7) is 4.73. The lowest BCUT2D eigenvalue weighted by atomic mass is 10.1. The highest BCUT2D eigenvalue weighted by Gasteiger charge is 2.10. The van der Waals surface area contributed by atoms with Crippen LogP contribution >= 0.6 is 0 Å². The first-order valence-electron chi connectivity index (χ1n) is 6.61. The fourth-order valence-corrected chi connectivity index (χ4v) is 2.24. The van der Waals surface area contributed by atoms with E-state index < -0.39 is 6.10 Å². The molecule has 0 spiro atoms. The molecule has 0 aromatic heterocycles. The highest BCUT2D eigenvalue weighted by molar-refractivity contribution is 5.54. The van der Waals surface area contributed by atoms with Gasteiger partial charge in [0.05, 0.1) is 6.10 Å². The molecule has 0 aliphatic heterocycles. The van der Waals surface area contributed by atoms with Crippen LogP contribution in [0.25, 0.3) is 0 Å². The van der Waals surface area contributed by atoms with Gasteiger partial charge in [0.1, 0.15) is 0 Å². The lowest BCUT2D eigenvalue weighted by Crippen LogP contribution is -2.18. The van der Waals surface area contributed by atoms with Crippen molar-refractivity contribution in [3.8, 4) is 0 Å². The van der Waals surface area contributed by atoms with Crippen molar-refractivity contribution in [3.63, 3.8) is 0 Å². The topological polar surface area (TPSA) is 23.5 Å². The Hall–Kier alpha value is -1.80. The summed E-state index contributed by atoms with van der Waals surface area (Å²) >= 11 is 0. The molecule has 2 heteroatoms. The molecule has 1 N–H and O–H groups in total. The highest BCUT2D eigenvalue weighted by atomic mass is 16.3. The quantitative estimate of drug-likeness (QED) is 0.900. The van der Waals surface area contributed by atoms with E-state index in [1.807, 2.05) is 18.2 Å². The van der Waals surface area contributed by atoms with Crippen LogP contribution < -0.4 is 4.90 Å². The fourth-order valence-electron chi connectivity index (χ4n) is 2.24.